The fourth-order valence-electron chi connectivity index (χ4n) is 6.01. The molecule has 0 bridgehead atoms. The van der Waals surface area contributed by atoms with Crippen LogP contribution in [0.4, 0.5) is 0 Å². The molecule has 0 N–H and O–H groups in total. The van der Waals surface area contributed by atoms with Crippen LogP contribution in [0.1, 0.15) is 64.2 Å². The van der Waals surface area contributed by atoms with E-state index in [-0.39, 0.29) is 180 Å². The van der Waals surface area contributed by atoms with E-state index in [0.29, 0.717) is 0 Å². The average Bonchev–Trinajstić information content (AvgIpc) is 4.40. The second-order valence-corrected chi connectivity index (χ2v) is 16.7. The Morgan fingerprint density at radius 3 is 0.368 bits per heavy atom. The van der Waals surface area contributed by atoms with Gasteiger partial charge in [0.15, 0.2) is 0 Å². The summed E-state index contributed by atoms with van der Waals surface area (Å²) in [5, 5.41) is 62.9. The molecule has 5 aliphatic heterocycles. The molecule has 6 aromatic carbocycles. The molecule has 0 saturated carbocycles. The van der Waals surface area contributed by atoms with Crippen LogP contribution in [0.3, 0.4) is 0 Å². The first kappa shape index (κ1) is 100. The maximum atomic E-state index is 10.5. The monoisotopic (exact) mass is 1300 g/mol. The summed E-state index contributed by atoms with van der Waals surface area (Å²) >= 11 is 0. The maximum Gasteiger partial charge on any atom is 2.00 e. The summed E-state index contributed by atoms with van der Waals surface area (Å²) in [6, 6.07) is 37.3. The molecule has 0 atom stereocenters. The van der Waals surface area contributed by atoms with Crippen molar-refractivity contribution in [2.24, 2.45) is 0 Å². The largest absolute Gasteiger partial charge is 2.00 e. The van der Waals surface area contributed by atoms with E-state index in [2.05, 4.69) is 0 Å². The van der Waals surface area contributed by atoms with Gasteiger partial charge in [-0.05, 0) is 137 Å². The molecule has 11 rings (SSSR count). The van der Waals surface area contributed by atoms with Gasteiger partial charge in [-0.15, -0.1) is 34.5 Å². The molecule has 0 spiro atoms. The van der Waals surface area contributed by atoms with Gasteiger partial charge in [-0.25, -0.2) is 0 Å². The van der Waals surface area contributed by atoms with Crippen LogP contribution in [-0.4, -0.2) is 224 Å². The summed E-state index contributed by atoms with van der Waals surface area (Å²) in [5.41, 5.74) is 0. The minimum absolute atomic E-state index is 0. The normalized spacial score (nSPS) is 12.5. The fraction of sp³-hybridized carbons (Fsp3) is 0.419. The first-order valence-corrected chi connectivity index (χ1v) is 26.2. The van der Waals surface area contributed by atoms with Gasteiger partial charge in [-0.1, -0.05) is 72.8 Å². The first-order valence-electron chi connectivity index (χ1n) is 26.2. The van der Waals surface area contributed by atoms with Crippen LogP contribution >= 0.6 is 0 Å². The Morgan fingerprint density at radius 2 is 0.310 bits per heavy atom. The molecule has 0 aromatic heterocycles. The van der Waals surface area contributed by atoms with Crippen LogP contribution in [0.5, 0.6) is 69.0 Å². The second kappa shape index (κ2) is 72.2. The zero-order valence-corrected chi connectivity index (χ0v) is 60.2. The summed E-state index contributed by atoms with van der Waals surface area (Å²) in [7, 11) is 9.42. The minimum Gasteiger partial charge on any atom is -2.00 e. The minimum atomic E-state index is 0. The topological polar surface area (TPSA) is 268 Å². The van der Waals surface area contributed by atoms with Crippen molar-refractivity contribution in [2.75, 3.05) is 109 Å². The number of halogens is 2. The third kappa shape index (κ3) is 61.7. The van der Waals surface area contributed by atoms with Gasteiger partial charge in [-0.2, -0.15) is 0 Å². The van der Waals surface area contributed by atoms with Crippen LogP contribution in [0.2, 0.25) is 0 Å². The van der Waals surface area contributed by atoms with Crippen molar-refractivity contribution in [3.05, 3.63) is 146 Å². The van der Waals surface area contributed by atoms with Crippen molar-refractivity contribution in [3.63, 3.8) is 0 Å². The van der Waals surface area contributed by atoms with Gasteiger partial charge < -0.3 is 113 Å². The molecule has 5 saturated heterocycles. The Kier molecular flexibility index (Phi) is 83.2. The number of methoxy groups -OCH3 is 6. The molecule has 462 valence electrons. The molecule has 5 fully saturated rings. The third-order valence-corrected chi connectivity index (χ3v) is 10.5. The van der Waals surface area contributed by atoms with E-state index in [4.69, 9.17) is 52.1 Å². The standard InChI is InChI=1S/6C7H8O2.5C4H8O.2ClH.5Mg.O/c6*1-9-7-4-2-6(8)3-5-7;5*1-2-4-5-3-1;;;;;;;;/h6*2-5,8H,1H3;5*1-4H2;2*1H;;;;;;/q;;;;;;;;;;;;;5*+2;-2/p-8. The first-order chi connectivity index (χ1) is 38.5. The predicted molar refractivity (Wildman–Crippen MR) is 324 cm³/mol. The van der Waals surface area contributed by atoms with Crippen LogP contribution < -0.4 is 83.9 Å². The molecule has 0 aliphatic carbocycles. The SMILES string of the molecule is C1CCOC1.C1CCOC1.C1CCOC1.C1CCOC1.C1CCOC1.COc1ccc([O-])cc1.COc1ccc([O-])cc1.COc1ccc([O-])cc1.COc1ccc([O-])cc1.COc1ccc([O-])cc1.COc1ccc([O-])cc1.[Cl-].[Cl-].[Mg+2].[Mg+2].[Mg+2].[Mg+2].[Mg+2].[O-2]. The molecular weight excluding hydrogens is 1230 g/mol. The summed E-state index contributed by atoms with van der Waals surface area (Å²) in [5.74, 6) is 4.36. The van der Waals surface area contributed by atoms with Crippen molar-refractivity contribution in [2.45, 2.75) is 64.2 Å². The van der Waals surface area contributed by atoms with Gasteiger partial charge in [0.2, 0.25) is 0 Å². The van der Waals surface area contributed by atoms with E-state index in [1.807, 2.05) is 0 Å². The van der Waals surface area contributed by atoms with Crippen molar-refractivity contribution in [3.8, 4) is 69.0 Å². The second-order valence-electron chi connectivity index (χ2n) is 16.7. The molecular formula is C62H82Cl2Mg5O18. The number of rotatable bonds is 6. The van der Waals surface area contributed by atoms with Gasteiger partial charge in [0, 0.05) is 66.1 Å². The molecule has 5 heterocycles. The maximum absolute atomic E-state index is 10.5. The van der Waals surface area contributed by atoms with Crippen LogP contribution in [0.25, 0.3) is 0 Å². The molecule has 0 radical (unpaired) electrons. The Hall–Kier alpha value is -2.91. The van der Waals surface area contributed by atoms with Crippen LogP contribution in [-0.2, 0) is 29.2 Å². The molecule has 0 unspecified atom stereocenters. The van der Waals surface area contributed by atoms with E-state index in [1.165, 1.54) is 137 Å². The molecule has 6 aromatic rings. The van der Waals surface area contributed by atoms with E-state index in [0.717, 1.165) is 101 Å². The van der Waals surface area contributed by atoms with Gasteiger partial charge in [0.1, 0.15) is 34.5 Å². The molecule has 87 heavy (non-hydrogen) atoms. The van der Waals surface area contributed by atoms with Gasteiger partial charge in [0.25, 0.3) is 0 Å². The average molecular weight is 1310 g/mol. The Labute approximate surface area is 609 Å². The van der Waals surface area contributed by atoms with Crippen molar-refractivity contribution < 1.29 is 113 Å². The summed E-state index contributed by atoms with van der Waals surface area (Å²) < 4.78 is 53.7. The van der Waals surface area contributed by atoms with Crippen LogP contribution in [0, 0.1) is 0 Å². The molecule has 25 heteroatoms. The van der Waals surface area contributed by atoms with Gasteiger partial charge >= 0.3 is 115 Å². The Balaban J connectivity index is -0.000000131. The number of hydrogen-bond acceptors (Lipinski definition) is 17. The summed E-state index contributed by atoms with van der Waals surface area (Å²) in [6.45, 7) is 10.0. The fourth-order valence-corrected chi connectivity index (χ4v) is 6.01. The quantitative estimate of drug-likeness (QED) is 0.207. The zero-order valence-electron chi connectivity index (χ0n) is 51.6. The number of ether oxygens (including phenoxy) is 11. The number of hydrogen-bond donors (Lipinski definition) is 0. The smallest absolute Gasteiger partial charge is 2.00 e. The molecule has 18 nitrogen and oxygen atoms in total. The Morgan fingerprint density at radius 1 is 0.218 bits per heavy atom. The van der Waals surface area contributed by atoms with Crippen LogP contribution in [0.15, 0.2) is 146 Å². The molecule has 5 aliphatic rings. The van der Waals surface area contributed by atoms with Gasteiger partial charge in [-0.3, -0.25) is 0 Å². The van der Waals surface area contributed by atoms with Gasteiger partial charge in [0.05, 0.1) is 42.7 Å². The predicted octanol–water partition coefficient (Wildman–Crippen LogP) is 0.582. The van der Waals surface area contributed by atoms with E-state index in [1.54, 1.807) is 115 Å². The zero-order chi connectivity index (χ0) is 57.8. The van der Waals surface area contributed by atoms with E-state index in [9.17, 15) is 30.6 Å². The Bertz CT molecular complexity index is 1800. The number of benzene rings is 6. The van der Waals surface area contributed by atoms with Crippen molar-refractivity contribution in [1.82, 2.24) is 0 Å². The van der Waals surface area contributed by atoms with E-state index >= 15 is 0 Å². The van der Waals surface area contributed by atoms with Crippen molar-refractivity contribution >= 4 is 115 Å². The third-order valence-electron chi connectivity index (χ3n) is 10.5. The summed E-state index contributed by atoms with van der Waals surface area (Å²) in [4.78, 5) is 0. The molecule has 0 amide bonds. The summed E-state index contributed by atoms with van der Waals surface area (Å²) in [6.07, 6.45) is 12.8. The van der Waals surface area contributed by atoms with E-state index < -0.39 is 0 Å². The van der Waals surface area contributed by atoms with Crippen molar-refractivity contribution in [1.29, 1.82) is 0 Å².